The van der Waals surface area contributed by atoms with Crippen LogP contribution in [0.1, 0.15) is 96.8 Å². The van der Waals surface area contributed by atoms with Crippen LogP contribution in [0.3, 0.4) is 0 Å². The van der Waals surface area contributed by atoms with Gasteiger partial charge in [0.05, 0.1) is 42.9 Å². The summed E-state index contributed by atoms with van der Waals surface area (Å²) in [7, 11) is 1.84. The van der Waals surface area contributed by atoms with Gasteiger partial charge in [0.2, 0.25) is 23.4 Å². The van der Waals surface area contributed by atoms with Crippen LogP contribution in [-0.2, 0) is 38.2 Å². The number of aliphatic hydroxyl groups excluding tert-OH is 2. The molecule has 4 bridgehead atoms. The molecule has 23 nitrogen and oxygen atoms in total. The number of nitrogens with two attached hydrogens (primary N) is 4. The molecule has 0 radical (unpaired) electrons. The number of amides is 4. The fraction of sp³-hybridized carbons (Fsp3) is 0.880. The number of carbonyl (C=O) groups excluding carboxylic acids is 6. The summed E-state index contributed by atoms with van der Waals surface area (Å²) in [6.07, 6.45) is 5.62. The number of ether oxygens (including phenoxy) is 2. The number of carbonyl (C=O) groups is 6. The first-order chi connectivity index (χ1) is 35.1. The summed E-state index contributed by atoms with van der Waals surface area (Å²) in [5.41, 5.74) is 21.8. The van der Waals surface area contributed by atoms with Gasteiger partial charge < -0.3 is 78.1 Å². The van der Waals surface area contributed by atoms with E-state index in [4.69, 9.17) is 32.4 Å². The van der Waals surface area contributed by atoms with Crippen molar-refractivity contribution in [3.63, 3.8) is 0 Å². The van der Waals surface area contributed by atoms with Crippen molar-refractivity contribution in [1.82, 2.24) is 41.7 Å². The second kappa shape index (κ2) is 26.2. The van der Waals surface area contributed by atoms with Crippen molar-refractivity contribution in [2.24, 2.45) is 52.5 Å². The van der Waals surface area contributed by atoms with E-state index in [9.17, 15) is 39.0 Å². The fourth-order valence-electron chi connectivity index (χ4n) is 13.5. The number of rotatable bonds is 34. The highest BCUT2D eigenvalue weighted by Gasteiger charge is 2.65. The lowest BCUT2D eigenvalue weighted by Gasteiger charge is -2.51. The van der Waals surface area contributed by atoms with Gasteiger partial charge in [-0.15, -0.1) is 0 Å². The second-order valence-corrected chi connectivity index (χ2v) is 22.5. The van der Waals surface area contributed by atoms with E-state index in [1.165, 1.54) is 11.3 Å². The van der Waals surface area contributed by atoms with Gasteiger partial charge in [0, 0.05) is 32.1 Å². The molecule has 8 fully saturated rings. The van der Waals surface area contributed by atoms with Crippen LogP contribution >= 0.6 is 0 Å². The third-order valence-corrected chi connectivity index (χ3v) is 17.4. The lowest BCUT2D eigenvalue weighted by atomic mass is 9.78. The molecule has 0 aromatic rings. The standard InChI is InChI=1S/C50H89N13O10/c1-30(54)45(68)57-33(12-17-55-2)26-63(20-21-63)27-41(67)62-19-7-13-50(62,29-65)73-39(11-5-16-53)48(71)60-43-44(42-35-23-31-22-32(35)24-36(31)42)72-49(43)59-37(9-4-15-52)46(69)56-25-40(66)61-18-6-10-38(61)47(70)58-34(28-64)8-3-14-51/h28-40,42-44,46,49,55-56,59,66,69H,3-27,51-54H2,1-2H3,(H2-,57,58,60,68,70,71)/p+1. The van der Waals surface area contributed by atoms with Crippen molar-refractivity contribution in [1.29, 1.82) is 0 Å². The molecule has 4 aliphatic heterocycles. The zero-order chi connectivity index (χ0) is 52.5. The van der Waals surface area contributed by atoms with E-state index in [1.54, 1.807) is 11.8 Å². The first kappa shape index (κ1) is 57.4. The summed E-state index contributed by atoms with van der Waals surface area (Å²) in [4.78, 5) is 83.2. The van der Waals surface area contributed by atoms with Crippen molar-refractivity contribution in [3.8, 4) is 0 Å². The summed E-state index contributed by atoms with van der Waals surface area (Å²) < 4.78 is 13.8. The van der Waals surface area contributed by atoms with Gasteiger partial charge in [0.1, 0.15) is 44.2 Å². The van der Waals surface area contributed by atoms with Gasteiger partial charge in [-0.2, -0.15) is 0 Å². The van der Waals surface area contributed by atoms with Crippen molar-refractivity contribution in [2.75, 3.05) is 79.0 Å². The van der Waals surface area contributed by atoms with E-state index in [1.807, 2.05) is 7.05 Å². The van der Waals surface area contributed by atoms with E-state index in [0.29, 0.717) is 131 Å². The predicted molar refractivity (Wildman–Crippen MR) is 270 cm³/mol. The Balaban J connectivity index is 1.02. The molecule has 73 heavy (non-hydrogen) atoms. The minimum Gasteiger partial charge on any atom is -0.377 e. The Kier molecular flexibility index (Phi) is 20.6. The van der Waals surface area contributed by atoms with Gasteiger partial charge in [-0.1, -0.05) is 0 Å². The van der Waals surface area contributed by atoms with Crippen molar-refractivity contribution in [2.45, 2.75) is 170 Å². The van der Waals surface area contributed by atoms with Gasteiger partial charge in [0.25, 0.3) is 5.91 Å². The van der Waals surface area contributed by atoms with Crippen molar-refractivity contribution in [3.05, 3.63) is 0 Å². The lowest BCUT2D eigenvalue weighted by Crippen LogP contribution is -2.73. The van der Waals surface area contributed by atoms with E-state index in [-0.39, 0.29) is 74.8 Å². The van der Waals surface area contributed by atoms with Crippen LogP contribution in [0.4, 0.5) is 0 Å². The Morgan fingerprint density at radius 2 is 1.60 bits per heavy atom. The normalized spacial score (nSPS) is 32.6. The van der Waals surface area contributed by atoms with Crippen molar-refractivity contribution >= 4 is 36.2 Å². The predicted octanol–water partition coefficient (Wildman–Crippen LogP) is -3.79. The molecule has 4 amide bonds. The Hall–Kier alpha value is -3.30. The molecule has 8 aliphatic rings. The van der Waals surface area contributed by atoms with Gasteiger partial charge >= 0.3 is 0 Å². The Morgan fingerprint density at radius 1 is 0.904 bits per heavy atom. The maximum atomic E-state index is 14.8. The SMILES string of the molecule is CNCCC(C[N+]1(CC(=O)N2CCCC2(C=O)OC(CCCN)C(=O)NC2C(NC(CCCN)C(O)NCC(O)N3CCCC3C(=O)NC(C=O)CCCN)OC2C2C3CC4CC3CC42)CC1)NC(=O)C(C)N. The average molecular weight is 1030 g/mol. The molecule has 0 aromatic heterocycles. The molecule has 16 unspecified atom stereocenters. The number of nitrogens with one attached hydrogen (secondary N) is 6. The average Bonchev–Trinajstić information content (AvgIpc) is 4.06. The highest BCUT2D eigenvalue weighted by Crippen LogP contribution is 2.68. The molecule has 414 valence electrons. The molecule has 16 atom stereocenters. The number of aldehydes is 2. The number of nitrogens with zero attached hydrogens (tertiary/aromatic N) is 3. The fourth-order valence-corrected chi connectivity index (χ4v) is 13.5. The molecule has 23 heteroatoms. The summed E-state index contributed by atoms with van der Waals surface area (Å²) >= 11 is 0. The lowest BCUT2D eigenvalue weighted by molar-refractivity contribution is -0.792. The van der Waals surface area contributed by atoms with Crippen LogP contribution in [0.15, 0.2) is 0 Å². The van der Waals surface area contributed by atoms with Crippen molar-refractivity contribution < 1.29 is 52.9 Å². The summed E-state index contributed by atoms with van der Waals surface area (Å²) in [6, 6.07) is -3.36. The van der Waals surface area contributed by atoms with Crippen LogP contribution in [0.2, 0.25) is 0 Å². The van der Waals surface area contributed by atoms with Gasteiger partial charge in [-0.3, -0.25) is 39.5 Å². The quantitative estimate of drug-likeness (QED) is 0.0127. The van der Waals surface area contributed by atoms with Crippen LogP contribution in [0, 0.1) is 29.6 Å². The van der Waals surface area contributed by atoms with Crippen LogP contribution in [-0.4, -0.2) is 213 Å². The topological polar surface area (TPSA) is 344 Å². The maximum absolute atomic E-state index is 14.8. The number of likely N-dealkylation sites (tertiary alicyclic amines) is 2. The number of aliphatic hydroxyl groups is 2. The summed E-state index contributed by atoms with van der Waals surface area (Å²) in [5.74, 6) is 1.25. The Bertz CT molecular complexity index is 1850. The molecular weight excluding hydrogens is 943 g/mol. The van der Waals surface area contributed by atoms with Crippen LogP contribution < -0.4 is 54.8 Å². The molecule has 16 N–H and O–H groups in total. The zero-order valence-electron chi connectivity index (χ0n) is 43.4. The Morgan fingerprint density at radius 3 is 2.23 bits per heavy atom. The summed E-state index contributed by atoms with van der Waals surface area (Å²) in [5, 5.41) is 41.9. The highest BCUT2D eigenvalue weighted by atomic mass is 16.5. The molecule has 0 aromatic carbocycles. The smallest absolute Gasteiger partial charge is 0.280 e. The zero-order valence-corrected chi connectivity index (χ0v) is 43.4. The number of quaternary nitrogens is 1. The van der Waals surface area contributed by atoms with E-state index in [2.05, 4.69) is 31.9 Å². The van der Waals surface area contributed by atoms with E-state index in [0.717, 1.165) is 25.9 Å². The summed E-state index contributed by atoms with van der Waals surface area (Å²) in [6.45, 7) is 6.12. The number of hydrogen-bond acceptors (Lipinski definition) is 18. The minimum absolute atomic E-state index is 0.0692. The minimum atomic E-state index is -1.67. The molecule has 4 saturated carbocycles. The molecule has 4 heterocycles. The Labute approximate surface area is 431 Å². The number of hydrogen-bond donors (Lipinski definition) is 12. The van der Waals surface area contributed by atoms with E-state index < -0.39 is 66.6 Å². The molecule has 4 saturated heterocycles. The van der Waals surface area contributed by atoms with Gasteiger partial charge in [-0.25, -0.2) is 0 Å². The first-order valence-corrected chi connectivity index (χ1v) is 27.6. The monoisotopic (exact) mass is 1030 g/mol. The van der Waals surface area contributed by atoms with Gasteiger partial charge in [-0.05, 0) is 153 Å². The molecule has 4 aliphatic carbocycles. The van der Waals surface area contributed by atoms with Gasteiger partial charge in [0.15, 0.2) is 12.8 Å². The third kappa shape index (κ3) is 13.6. The second-order valence-electron chi connectivity index (χ2n) is 22.5. The molecular formula is C50H90N13O10+. The molecule has 0 spiro atoms. The molecule has 8 rings (SSSR count). The maximum Gasteiger partial charge on any atom is 0.280 e. The first-order valence-electron chi connectivity index (χ1n) is 27.6. The van der Waals surface area contributed by atoms with Crippen LogP contribution in [0.25, 0.3) is 0 Å². The highest BCUT2D eigenvalue weighted by molar-refractivity contribution is 5.85. The van der Waals surface area contributed by atoms with Crippen LogP contribution in [0.5, 0.6) is 0 Å². The third-order valence-electron chi connectivity index (χ3n) is 17.4. The largest absolute Gasteiger partial charge is 0.377 e. The van der Waals surface area contributed by atoms with E-state index >= 15 is 0 Å².